The van der Waals surface area contributed by atoms with Crippen molar-refractivity contribution in [2.45, 2.75) is 0 Å². The van der Waals surface area contributed by atoms with Gasteiger partial charge in [0, 0.05) is 18.0 Å². The van der Waals surface area contributed by atoms with Crippen LogP contribution in [0.3, 0.4) is 0 Å². The molecule has 2 N–H and O–H groups in total. The third kappa shape index (κ3) is 1.25. The Morgan fingerprint density at radius 1 is 1.56 bits per heavy atom. The average molecular weight is 122 g/mol. The number of hydrogen-bond acceptors (Lipinski definition) is 3. The number of carbonyl (C=O) groups excluding carboxylic acids is 1. The molecule has 0 aliphatic heterocycles. The largest absolute Gasteiger partial charge is 0.397 e. The molecule has 0 bridgehead atoms. The summed E-state index contributed by atoms with van der Waals surface area (Å²) in [6.45, 7) is 0. The summed E-state index contributed by atoms with van der Waals surface area (Å²) in [4.78, 5) is 13.8. The van der Waals surface area contributed by atoms with Crippen LogP contribution in [0.15, 0.2) is 18.5 Å². The van der Waals surface area contributed by atoms with Crippen LogP contribution in [0.5, 0.6) is 0 Å². The third-order valence-electron chi connectivity index (χ3n) is 0.917. The lowest BCUT2D eigenvalue weighted by Crippen LogP contribution is -1.88. The summed E-state index contributed by atoms with van der Waals surface area (Å²) >= 11 is 0. The summed E-state index contributed by atoms with van der Waals surface area (Å²) in [6.07, 6.45) is 3.67. The average Bonchev–Trinajstić information content (AvgIpc) is 1.88. The van der Waals surface area contributed by atoms with Gasteiger partial charge in [-0.1, -0.05) is 0 Å². The lowest BCUT2D eigenvalue weighted by atomic mass is 10.3. The van der Waals surface area contributed by atoms with Gasteiger partial charge in [0.15, 0.2) is 6.29 Å². The molecule has 0 saturated heterocycles. The number of rotatable bonds is 1. The highest BCUT2D eigenvalue weighted by Gasteiger charge is 1.87. The van der Waals surface area contributed by atoms with Crippen LogP contribution in [0.4, 0.5) is 5.69 Å². The van der Waals surface area contributed by atoms with Crippen LogP contribution in [-0.2, 0) is 0 Å². The van der Waals surface area contributed by atoms with Gasteiger partial charge in [0.1, 0.15) is 0 Å². The molecule has 46 valence electrons. The first-order chi connectivity index (χ1) is 4.33. The SMILES string of the molecule is Nc1cncc(C=O)c1. The second-order valence-electron chi connectivity index (χ2n) is 1.67. The van der Waals surface area contributed by atoms with Crippen molar-refractivity contribution in [3.8, 4) is 0 Å². The highest BCUT2D eigenvalue weighted by Crippen LogP contribution is 1.99. The Balaban J connectivity index is 3.07. The number of nitrogens with zero attached hydrogens (tertiary/aromatic N) is 1. The predicted molar refractivity (Wildman–Crippen MR) is 34.0 cm³/mol. The standard InChI is InChI=1S/C6H6N2O/c7-6-1-5(4-9)2-8-3-6/h1-4H,7H2. The molecule has 1 rings (SSSR count). The Morgan fingerprint density at radius 2 is 2.33 bits per heavy atom. The molecule has 0 amide bonds. The van der Waals surface area contributed by atoms with Gasteiger partial charge in [-0.15, -0.1) is 0 Å². The van der Waals surface area contributed by atoms with Crippen molar-refractivity contribution < 1.29 is 4.79 Å². The molecule has 0 atom stereocenters. The predicted octanol–water partition coefficient (Wildman–Crippen LogP) is 0.476. The van der Waals surface area contributed by atoms with Crippen molar-refractivity contribution >= 4 is 12.0 Å². The summed E-state index contributed by atoms with van der Waals surface area (Å²) in [7, 11) is 0. The number of nitrogens with two attached hydrogens (primary N) is 1. The lowest BCUT2D eigenvalue weighted by Gasteiger charge is -1.89. The second-order valence-corrected chi connectivity index (χ2v) is 1.67. The number of pyridine rings is 1. The van der Waals surface area contributed by atoms with Gasteiger partial charge in [-0.2, -0.15) is 0 Å². The molecule has 0 radical (unpaired) electrons. The Labute approximate surface area is 52.5 Å². The van der Waals surface area contributed by atoms with E-state index in [1.165, 1.54) is 12.4 Å². The van der Waals surface area contributed by atoms with Crippen LogP contribution in [0.2, 0.25) is 0 Å². The van der Waals surface area contributed by atoms with Gasteiger partial charge in [0.05, 0.1) is 5.69 Å². The Morgan fingerprint density at radius 3 is 2.78 bits per heavy atom. The van der Waals surface area contributed by atoms with Crippen LogP contribution in [0, 0.1) is 0 Å². The van der Waals surface area contributed by atoms with Gasteiger partial charge in [-0.05, 0) is 6.07 Å². The Hall–Kier alpha value is -1.38. The molecule has 3 heteroatoms. The Kier molecular flexibility index (Phi) is 1.44. The fourth-order valence-electron chi connectivity index (χ4n) is 0.541. The Bertz CT molecular complexity index is 222. The van der Waals surface area contributed by atoms with E-state index in [0.29, 0.717) is 17.5 Å². The van der Waals surface area contributed by atoms with Gasteiger partial charge in [0.25, 0.3) is 0 Å². The zero-order valence-corrected chi connectivity index (χ0v) is 4.74. The van der Waals surface area contributed by atoms with E-state index in [1.54, 1.807) is 6.07 Å². The first-order valence-corrected chi connectivity index (χ1v) is 2.48. The zero-order valence-electron chi connectivity index (χ0n) is 4.74. The maximum Gasteiger partial charge on any atom is 0.151 e. The van der Waals surface area contributed by atoms with Gasteiger partial charge >= 0.3 is 0 Å². The van der Waals surface area contributed by atoms with E-state index in [2.05, 4.69) is 4.98 Å². The molecule has 9 heavy (non-hydrogen) atoms. The highest BCUT2D eigenvalue weighted by molar-refractivity contribution is 5.75. The van der Waals surface area contributed by atoms with E-state index < -0.39 is 0 Å². The molecule has 1 aromatic heterocycles. The van der Waals surface area contributed by atoms with Crippen LogP contribution in [0.25, 0.3) is 0 Å². The van der Waals surface area contributed by atoms with Crippen molar-refractivity contribution in [3.63, 3.8) is 0 Å². The fraction of sp³-hybridized carbons (Fsp3) is 0. The van der Waals surface area contributed by atoms with Gasteiger partial charge in [0.2, 0.25) is 0 Å². The van der Waals surface area contributed by atoms with Crippen molar-refractivity contribution in [1.82, 2.24) is 4.98 Å². The first-order valence-electron chi connectivity index (χ1n) is 2.48. The molecular weight excluding hydrogens is 116 g/mol. The molecule has 1 aromatic rings. The summed E-state index contributed by atoms with van der Waals surface area (Å²) in [6, 6.07) is 1.57. The van der Waals surface area contributed by atoms with E-state index in [-0.39, 0.29) is 0 Å². The summed E-state index contributed by atoms with van der Waals surface area (Å²) in [5.41, 5.74) is 6.34. The maximum atomic E-state index is 10.1. The first kappa shape index (κ1) is 5.75. The van der Waals surface area contributed by atoms with E-state index in [0.717, 1.165) is 0 Å². The minimum atomic E-state index is 0.509. The molecule has 0 saturated carbocycles. The van der Waals surface area contributed by atoms with Crippen LogP contribution in [-0.4, -0.2) is 11.3 Å². The van der Waals surface area contributed by atoms with Gasteiger partial charge in [-0.3, -0.25) is 9.78 Å². The number of nitrogen functional groups attached to an aromatic ring is 1. The number of carbonyl (C=O) groups is 1. The number of aldehydes is 1. The van der Waals surface area contributed by atoms with Crippen LogP contribution in [0.1, 0.15) is 10.4 Å². The van der Waals surface area contributed by atoms with Crippen molar-refractivity contribution in [2.24, 2.45) is 0 Å². The summed E-state index contributed by atoms with van der Waals surface area (Å²) < 4.78 is 0. The molecule has 1 heterocycles. The zero-order chi connectivity index (χ0) is 6.69. The molecule has 0 aromatic carbocycles. The molecular formula is C6H6N2O. The van der Waals surface area contributed by atoms with E-state index >= 15 is 0 Å². The minimum absolute atomic E-state index is 0.509. The fourth-order valence-corrected chi connectivity index (χ4v) is 0.541. The van der Waals surface area contributed by atoms with Crippen molar-refractivity contribution in [1.29, 1.82) is 0 Å². The van der Waals surface area contributed by atoms with Crippen molar-refractivity contribution in [3.05, 3.63) is 24.0 Å². The van der Waals surface area contributed by atoms with Crippen LogP contribution < -0.4 is 5.73 Å². The molecule has 0 spiro atoms. The van der Waals surface area contributed by atoms with Gasteiger partial charge < -0.3 is 5.73 Å². The van der Waals surface area contributed by atoms with E-state index in [9.17, 15) is 4.79 Å². The maximum absolute atomic E-state index is 10.1. The minimum Gasteiger partial charge on any atom is -0.397 e. The van der Waals surface area contributed by atoms with Crippen LogP contribution >= 0.6 is 0 Å². The van der Waals surface area contributed by atoms with Crippen molar-refractivity contribution in [2.75, 3.05) is 5.73 Å². The molecule has 0 aliphatic carbocycles. The monoisotopic (exact) mass is 122 g/mol. The van der Waals surface area contributed by atoms with E-state index in [4.69, 9.17) is 5.73 Å². The highest BCUT2D eigenvalue weighted by atomic mass is 16.1. The molecule has 0 fully saturated rings. The topological polar surface area (TPSA) is 56.0 Å². The molecule has 0 aliphatic rings. The van der Waals surface area contributed by atoms with E-state index in [1.807, 2.05) is 0 Å². The summed E-state index contributed by atoms with van der Waals surface area (Å²) in [5.74, 6) is 0. The summed E-state index contributed by atoms with van der Waals surface area (Å²) in [5, 5.41) is 0. The molecule has 0 unspecified atom stereocenters. The number of hydrogen-bond donors (Lipinski definition) is 1. The number of aromatic nitrogens is 1. The smallest absolute Gasteiger partial charge is 0.151 e. The second kappa shape index (κ2) is 2.26. The molecule has 3 nitrogen and oxygen atoms in total. The normalized spacial score (nSPS) is 8.89. The third-order valence-corrected chi connectivity index (χ3v) is 0.917. The number of anilines is 1. The quantitative estimate of drug-likeness (QED) is 0.551. The van der Waals surface area contributed by atoms with Gasteiger partial charge in [-0.25, -0.2) is 0 Å². The lowest BCUT2D eigenvalue weighted by molar-refractivity contribution is 0.112.